The summed E-state index contributed by atoms with van der Waals surface area (Å²) in [5, 5.41) is 4.87. The van der Waals surface area contributed by atoms with Gasteiger partial charge in [-0.05, 0) is 61.4 Å². The Hall–Kier alpha value is -4.06. The molecule has 0 saturated carbocycles. The lowest BCUT2D eigenvalue weighted by Crippen LogP contribution is -2.23. The molecule has 0 aliphatic heterocycles. The molecule has 0 bridgehead atoms. The van der Waals surface area contributed by atoms with Crippen LogP contribution in [0, 0.1) is 19.7 Å². The van der Waals surface area contributed by atoms with E-state index in [1.807, 2.05) is 32.2 Å². The molecule has 3 heterocycles. The lowest BCUT2D eigenvalue weighted by Gasteiger charge is -2.09. The standard InChI is InChI=1S/C27H23FN4O/c1-16-14-30-26-13-24(28)21(12-23(16)26)15-31-27(33)20-7-8-29-22(11-20)9-18-4-6-19-5-3-17(2)32-25(19)10-18/h3-8,10-14,30H,9,15H2,1-2H3,(H,31,33). The quantitative estimate of drug-likeness (QED) is 0.387. The molecular formula is C27H23FN4O. The Morgan fingerprint density at radius 3 is 2.79 bits per heavy atom. The fourth-order valence-electron chi connectivity index (χ4n) is 4.04. The summed E-state index contributed by atoms with van der Waals surface area (Å²) in [5.41, 5.74) is 6.50. The number of pyridine rings is 2. The van der Waals surface area contributed by atoms with Crippen LogP contribution in [0.4, 0.5) is 4.39 Å². The third-order valence-electron chi connectivity index (χ3n) is 5.85. The van der Waals surface area contributed by atoms with Crippen LogP contribution in [0.25, 0.3) is 21.8 Å². The van der Waals surface area contributed by atoms with Gasteiger partial charge < -0.3 is 10.3 Å². The molecule has 0 spiro atoms. The third-order valence-corrected chi connectivity index (χ3v) is 5.85. The van der Waals surface area contributed by atoms with Crippen molar-refractivity contribution >= 4 is 27.7 Å². The number of rotatable bonds is 5. The van der Waals surface area contributed by atoms with Gasteiger partial charge in [0.25, 0.3) is 5.91 Å². The number of aromatic amines is 1. The number of nitrogens with zero attached hydrogens (tertiary/aromatic N) is 2. The third kappa shape index (κ3) is 4.32. The number of hydrogen-bond acceptors (Lipinski definition) is 3. The summed E-state index contributed by atoms with van der Waals surface area (Å²) in [6.07, 6.45) is 4.06. The minimum atomic E-state index is -0.347. The summed E-state index contributed by atoms with van der Waals surface area (Å²) >= 11 is 0. The fraction of sp³-hybridized carbons (Fsp3) is 0.148. The average Bonchev–Trinajstić information content (AvgIpc) is 3.16. The normalized spacial score (nSPS) is 11.2. The van der Waals surface area contributed by atoms with Gasteiger partial charge >= 0.3 is 0 Å². The molecule has 0 aliphatic carbocycles. The number of H-pyrrole nitrogens is 1. The zero-order chi connectivity index (χ0) is 22.9. The largest absolute Gasteiger partial charge is 0.361 e. The molecule has 33 heavy (non-hydrogen) atoms. The zero-order valence-corrected chi connectivity index (χ0v) is 18.4. The van der Waals surface area contributed by atoms with E-state index < -0.39 is 0 Å². The smallest absolute Gasteiger partial charge is 0.251 e. The summed E-state index contributed by atoms with van der Waals surface area (Å²) < 4.78 is 14.4. The lowest BCUT2D eigenvalue weighted by molar-refractivity contribution is 0.0950. The highest BCUT2D eigenvalue weighted by molar-refractivity contribution is 5.94. The van der Waals surface area contributed by atoms with E-state index in [0.29, 0.717) is 17.5 Å². The van der Waals surface area contributed by atoms with E-state index in [4.69, 9.17) is 0 Å². The average molecular weight is 439 g/mol. The highest BCUT2D eigenvalue weighted by Crippen LogP contribution is 2.22. The fourth-order valence-corrected chi connectivity index (χ4v) is 4.04. The first-order valence-corrected chi connectivity index (χ1v) is 10.8. The number of fused-ring (bicyclic) bond motifs is 2. The summed E-state index contributed by atoms with van der Waals surface area (Å²) in [4.78, 5) is 24.8. The summed E-state index contributed by atoms with van der Waals surface area (Å²) in [6.45, 7) is 4.04. The van der Waals surface area contributed by atoms with Crippen LogP contribution in [0.3, 0.4) is 0 Å². The van der Waals surface area contributed by atoms with Crippen molar-refractivity contribution in [3.63, 3.8) is 0 Å². The molecule has 0 radical (unpaired) electrons. The summed E-state index contributed by atoms with van der Waals surface area (Å²) in [7, 11) is 0. The predicted octanol–water partition coefficient (Wildman–Crippen LogP) is 5.39. The molecule has 3 aromatic heterocycles. The molecule has 164 valence electrons. The van der Waals surface area contributed by atoms with E-state index in [9.17, 15) is 9.18 Å². The van der Waals surface area contributed by atoms with Gasteiger partial charge in [0.05, 0.1) is 5.52 Å². The highest BCUT2D eigenvalue weighted by atomic mass is 19.1. The second-order valence-electron chi connectivity index (χ2n) is 8.34. The van der Waals surface area contributed by atoms with Crippen molar-refractivity contribution in [1.29, 1.82) is 0 Å². The first kappa shape index (κ1) is 20.8. The number of benzene rings is 2. The van der Waals surface area contributed by atoms with Crippen molar-refractivity contribution < 1.29 is 9.18 Å². The van der Waals surface area contributed by atoms with Crippen LogP contribution in [-0.2, 0) is 13.0 Å². The predicted molar refractivity (Wildman–Crippen MR) is 128 cm³/mol. The Morgan fingerprint density at radius 2 is 1.91 bits per heavy atom. The summed E-state index contributed by atoms with van der Waals surface area (Å²) in [6, 6.07) is 16.9. The molecule has 1 amide bonds. The lowest BCUT2D eigenvalue weighted by atomic mass is 10.0. The number of carbonyl (C=O) groups excluding carboxylic acids is 1. The number of carbonyl (C=O) groups is 1. The SMILES string of the molecule is Cc1ccc2ccc(Cc3cc(C(=O)NCc4cc5c(C)c[nH]c5cc4F)ccn3)cc2n1. The van der Waals surface area contributed by atoms with Crippen molar-refractivity contribution in [3.05, 3.63) is 106 Å². The monoisotopic (exact) mass is 438 g/mol. The van der Waals surface area contributed by atoms with Crippen LogP contribution in [0.2, 0.25) is 0 Å². The van der Waals surface area contributed by atoms with Crippen molar-refractivity contribution in [3.8, 4) is 0 Å². The van der Waals surface area contributed by atoms with Gasteiger partial charge in [-0.2, -0.15) is 0 Å². The van der Waals surface area contributed by atoms with Crippen LogP contribution in [0.5, 0.6) is 0 Å². The summed E-state index contributed by atoms with van der Waals surface area (Å²) in [5.74, 6) is -0.611. The second kappa shape index (κ2) is 8.47. The minimum absolute atomic E-state index is 0.110. The highest BCUT2D eigenvalue weighted by Gasteiger charge is 2.12. The molecule has 0 atom stereocenters. The Kier molecular flexibility index (Phi) is 5.34. The minimum Gasteiger partial charge on any atom is -0.361 e. The van der Waals surface area contributed by atoms with Gasteiger partial charge in [0.2, 0.25) is 0 Å². The molecule has 0 aliphatic rings. The molecule has 2 aromatic carbocycles. The van der Waals surface area contributed by atoms with Gasteiger partial charge in [-0.3, -0.25) is 14.8 Å². The van der Waals surface area contributed by atoms with Gasteiger partial charge in [0.1, 0.15) is 5.82 Å². The number of aryl methyl sites for hydroxylation is 2. The number of hydrogen-bond donors (Lipinski definition) is 2. The molecule has 0 saturated heterocycles. The van der Waals surface area contributed by atoms with Crippen molar-refractivity contribution in [1.82, 2.24) is 20.3 Å². The van der Waals surface area contributed by atoms with Crippen LogP contribution in [0.15, 0.2) is 67.0 Å². The molecule has 5 rings (SSSR count). The second-order valence-corrected chi connectivity index (χ2v) is 8.34. The van der Waals surface area contributed by atoms with Gasteiger partial charge in [-0.25, -0.2) is 4.39 Å². The molecule has 0 unspecified atom stereocenters. The molecule has 5 aromatic rings. The maximum Gasteiger partial charge on any atom is 0.251 e. The van der Waals surface area contributed by atoms with Crippen LogP contribution < -0.4 is 5.32 Å². The van der Waals surface area contributed by atoms with E-state index in [1.54, 1.807) is 24.4 Å². The zero-order valence-electron chi connectivity index (χ0n) is 18.4. The topological polar surface area (TPSA) is 70.7 Å². The number of amides is 1. The van der Waals surface area contributed by atoms with Gasteiger partial charge in [-0.15, -0.1) is 0 Å². The molecule has 0 fully saturated rings. The van der Waals surface area contributed by atoms with Gasteiger partial charge in [0, 0.05) is 64.2 Å². The van der Waals surface area contributed by atoms with Crippen LogP contribution >= 0.6 is 0 Å². The number of aromatic nitrogens is 3. The Labute approximate surface area is 190 Å². The Balaban J connectivity index is 1.31. The van der Waals surface area contributed by atoms with Crippen molar-refractivity contribution in [2.75, 3.05) is 0 Å². The number of nitrogens with one attached hydrogen (secondary N) is 2. The van der Waals surface area contributed by atoms with E-state index in [2.05, 4.69) is 38.5 Å². The van der Waals surface area contributed by atoms with Gasteiger partial charge in [-0.1, -0.05) is 18.2 Å². The van der Waals surface area contributed by atoms with Crippen LogP contribution in [0.1, 0.15) is 38.4 Å². The maximum absolute atomic E-state index is 14.4. The van der Waals surface area contributed by atoms with Crippen molar-refractivity contribution in [2.24, 2.45) is 0 Å². The first-order valence-electron chi connectivity index (χ1n) is 10.8. The van der Waals surface area contributed by atoms with Crippen LogP contribution in [-0.4, -0.2) is 20.9 Å². The molecule has 5 nitrogen and oxygen atoms in total. The Morgan fingerprint density at radius 1 is 1.06 bits per heavy atom. The van der Waals surface area contributed by atoms with Crippen molar-refractivity contribution in [2.45, 2.75) is 26.8 Å². The van der Waals surface area contributed by atoms with E-state index in [0.717, 1.165) is 44.3 Å². The molecular weight excluding hydrogens is 415 g/mol. The van der Waals surface area contributed by atoms with E-state index >= 15 is 0 Å². The van der Waals surface area contributed by atoms with E-state index in [-0.39, 0.29) is 18.3 Å². The maximum atomic E-state index is 14.4. The number of halogens is 1. The Bertz CT molecular complexity index is 1510. The molecule has 2 N–H and O–H groups in total. The molecule has 6 heteroatoms. The van der Waals surface area contributed by atoms with Gasteiger partial charge in [0.15, 0.2) is 0 Å². The first-order chi connectivity index (χ1) is 16.0. The van der Waals surface area contributed by atoms with E-state index in [1.165, 1.54) is 6.07 Å².